The Kier molecular flexibility index (Phi) is 5.06. The minimum absolute atomic E-state index is 0.0206. The summed E-state index contributed by atoms with van der Waals surface area (Å²) in [5, 5.41) is 9.06. The topological polar surface area (TPSA) is 83.5 Å². The standard InChI is InChI=1S/C14H18BrNO4S/c1-9-12(15)6-11(14(17)18)7-13(9)21(19,20)16-8-10-4-2-3-5-10/h6-7,10,16H,2-5,8H2,1H3,(H,17,18). The first-order chi connectivity index (χ1) is 9.81. The third-order valence-electron chi connectivity index (χ3n) is 3.87. The van der Waals surface area contributed by atoms with Gasteiger partial charge in [0.15, 0.2) is 0 Å². The van der Waals surface area contributed by atoms with Crippen molar-refractivity contribution < 1.29 is 18.3 Å². The van der Waals surface area contributed by atoms with E-state index in [0.717, 1.165) is 25.7 Å². The molecule has 0 spiro atoms. The third-order valence-corrected chi connectivity index (χ3v) is 6.24. The van der Waals surface area contributed by atoms with Crippen LogP contribution < -0.4 is 4.72 Å². The second kappa shape index (κ2) is 6.46. The van der Waals surface area contributed by atoms with Crippen molar-refractivity contribution in [1.29, 1.82) is 0 Å². The number of halogens is 1. The highest BCUT2D eigenvalue weighted by molar-refractivity contribution is 9.10. The molecular weight excluding hydrogens is 358 g/mol. The molecular formula is C14H18BrNO4S. The summed E-state index contributed by atoms with van der Waals surface area (Å²) >= 11 is 3.22. The van der Waals surface area contributed by atoms with E-state index >= 15 is 0 Å². The van der Waals surface area contributed by atoms with E-state index in [-0.39, 0.29) is 10.5 Å². The molecule has 1 aliphatic rings. The molecule has 1 aromatic carbocycles. The Morgan fingerprint density at radius 3 is 2.57 bits per heavy atom. The fourth-order valence-electron chi connectivity index (χ4n) is 2.58. The van der Waals surface area contributed by atoms with Crippen molar-refractivity contribution in [2.24, 2.45) is 5.92 Å². The normalized spacial score (nSPS) is 16.3. The summed E-state index contributed by atoms with van der Waals surface area (Å²) < 4.78 is 27.9. The molecule has 0 saturated heterocycles. The first kappa shape index (κ1) is 16.5. The van der Waals surface area contributed by atoms with E-state index in [9.17, 15) is 13.2 Å². The van der Waals surface area contributed by atoms with Gasteiger partial charge in [0, 0.05) is 11.0 Å². The van der Waals surface area contributed by atoms with E-state index in [2.05, 4.69) is 20.7 Å². The van der Waals surface area contributed by atoms with Crippen LogP contribution in [-0.2, 0) is 10.0 Å². The van der Waals surface area contributed by atoms with Crippen LogP contribution in [0.3, 0.4) is 0 Å². The summed E-state index contributed by atoms with van der Waals surface area (Å²) in [5.74, 6) is -0.769. The van der Waals surface area contributed by atoms with Crippen LogP contribution in [0, 0.1) is 12.8 Å². The molecule has 2 rings (SSSR count). The number of rotatable bonds is 5. The number of nitrogens with one attached hydrogen (secondary N) is 1. The van der Waals surface area contributed by atoms with Crippen LogP contribution >= 0.6 is 15.9 Å². The zero-order valence-corrected chi connectivity index (χ0v) is 14.1. The molecule has 1 aliphatic carbocycles. The maximum absolute atomic E-state index is 12.4. The number of benzene rings is 1. The predicted molar refractivity (Wildman–Crippen MR) is 83.0 cm³/mol. The Bertz CT molecular complexity index is 651. The van der Waals surface area contributed by atoms with E-state index in [0.29, 0.717) is 22.5 Å². The second-order valence-electron chi connectivity index (χ2n) is 5.39. The fraction of sp³-hybridized carbons (Fsp3) is 0.500. The van der Waals surface area contributed by atoms with Crippen LogP contribution in [-0.4, -0.2) is 26.0 Å². The first-order valence-corrected chi connectivity index (χ1v) is 9.12. The highest BCUT2D eigenvalue weighted by Crippen LogP contribution is 2.27. The molecule has 0 aromatic heterocycles. The minimum atomic E-state index is -3.70. The van der Waals surface area contributed by atoms with E-state index in [1.165, 1.54) is 12.1 Å². The highest BCUT2D eigenvalue weighted by Gasteiger charge is 2.23. The second-order valence-corrected chi connectivity index (χ2v) is 7.98. The van der Waals surface area contributed by atoms with Crippen LogP contribution in [0.2, 0.25) is 0 Å². The maximum atomic E-state index is 12.4. The summed E-state index contributed by atoms with van der Waals surface area (Å²) in [5.41, 5.74) is 0.465. The summed E-state index contributed by atoms with van der Waals surface area (Å²) in [6.45, 7) is 2.07. The monoisotopic (exact) mass is 375 g/mol. The first-order valence-electron chi connectivity index (χ1n) is 6.84. The number of sulfonamides is 1. The van der Waals surface area contributed by atoms with Crippen molar-refractivity contribution in [2.45, 2.75) is 37.5 Å². The van der Waals surface area contributed by atoms with Gasteiger partial charge < -0.3 is 5.11 Å². The molecule has 0 amide bonds. The number of hydrogen-bond acceptors (Lipinski definition) is 3. The average molecular weight is 376 g/mol. The zero-order valence-electron chi connectivity index (χ0n) is 11.7. The van der Waals surface area contributed by atoms with Gasteiger partial charge in [0.05, 0.1) is 10.5 Å². The molecule has 0 bridgehead atoms. The van der Waals surface area contributed by atoms with E-state index < -0.39 is 16.0 Å². The van der Waals surface area contributed by atoms with E-state index in [1.54, 1.807) is 6.92 Å². The Morgan fingerprint density at radius 1 is 1.38 bits per heavy atom. The van der Waals surface area contributed by atoms with Gasteiger partial charge in [0.1, 0.15) is 0 Å². The average Bonchev–Trinajstić information content (AvgIpc) is 2.92. The highest BCUT2D eigenvalue weighted by atomic mass is 79.9. The van der Waals surface area contributed by atoms with E-state index in [1.807, 2.05) is 0 Å². The Labute approximate surface area is 132 Å². The van der Waals surface area contributed by atoms with Crippen LogP contribution in [0.4, 0.5) is 0 Å². The number of aromatic carboxylic acids is 1. The van der Waals surface area contributed by atoms with Gasteiger partial charge in [-0.25, -0.2) is 17.9 Å². The lowest BCUT2D eigenvalue weighted by Crippen LogP contribution is -2.29. The van der Waals surface area contributed by atoms with Crippen molar-refractivity contribution in [3.63, 3.8) is 0 Å². The van der Waals surface area contributed by atoms with Crippen LogP contribution in [0.5, 0.6) is 0 Å². The summed E-state index contributed by atoms with van der Waals surface area (Å²) in [4.78, 5) is 11.1. The molecule has 1 saturated carbocycles. The summed E-state index contributed by atoms with van der Waals surface area (Å²) in [6.07, 6.45) is 4.37. The van der Waals surface area contributed by atoms with Crippen molar-refractivity contribution in [2.75, 3.05) is 6.54 Å². The molecule has 0 radical (unpaired) electrons. The van der Waals surface area contributed by atoms with Crippen LogP contribution in [0.15, 0.2) is 21.5 Å². The van der Waals surface area contributed by atoms with Gasteiger partial charge in [-0.15, -0.1) is 0 Å². The molecule has 2 N–H and O–H groups in total. The molecule has 0 unspecified atom stereocenters. The Balaban J connectivity index is 2.27. The molecule has 0 heterocycles. The Morgan fingerprint density at radius 2 is 2.00 bits per heavy atom. The van der Waals surface area contributed by atoms with Gasteiger partial charge in [-0.2, -0.15) is 0 Å². The van der Waals surface area contributed by atoms with Gasteiger partial charge in [0.2, 0.25) is 10.0 Å². The quantitative estimate of drug-likeness (QED) is 0.828. The van der Waals surface area contributed by atoms with Crippen molar-refractivity contribution in [3.05, 3.63) is 27.7 Å². The van der Waals surface area contributed by atoms with Gasteiger partial charge in [0.25, 0.3) is 0 Å². The fourth-order valence-corrected chi connectivity index (χ4v) is 4.57. The van der Waals surface area contributed by atoms with E-state index in [4.69, 9.17) is 5.11 Å². The van der Waals surface area contributed by atoms with Crippen LogP contribution in [0.1, 0.15) is 41.6 Å². The smallest absolute Gasteiger partial charge is 0.335 e. The minimum Gasteiger partial charge on any atom is -0.478 e. The third kappa shape index (κ3) is 3.84. The number of hydrogen-bond donors (Lipinski definition) is 2. The van der Waals surface area contributed by atoms with Crippen molar-refractivity contribution >= 4 is 31.9 Å². The summed E-state index contributed by atoms with van der Waals surface area (Å²) in [6, 6.07) is 2.62. The van der Waals surface area contributed by atoms with Crippen molar-refractivity contribution in [1.82, 2.24) is 4.72 Å². The predicted octanol–water partition coefficient (Wildman–Crippen LogP) is 2.92. The Hall–Kier alpha value is -0.920. The lowest BCUT2D eigenvalue weighted by atomic mass is 10.1. The number of carboxylic acids is 1. The molecule has 0 atom stereocenters. The van der Waals surface area contributed by atoms with Gasteiger partial charge in [-0.1, -0.05) is 28.8 Å². The molecule has 5 nitrogen and oxygen atoms in total. The number of carboxylic acid groups (broad SMARTS) is 1. The molecule has 116 valence electrons. The molecule has 1 fully saturated rings. The summed E-state index contributed by atoms with van der Waals surface area (Å²) in [7, 11) is -3.70. The maximum Gasteiger partial charge on any atom is 0.335 e. The van der Waals surface area contributed by atoms with Crippen molar-refractivity contribution in [3.8, 4) is 0 Å². The number of carbonyl (C=O) groups is 1. The van der Waals surface area contributed by atoms with Gasteiger partial charge >= 0.3 is 5.97 Å². The zero-order chi connectivity index (χ0) is 15.6. The largest absolute Gasteiger partial charge is 0.478 e. The van der Waals surface area contributed by atoms with Gasteiger partial charge in [-0.3, -0.25) is 0 Å². The molecule has 0 aliphatic heterocycles. The molecule has 21 heavy (non-hydrogen) atoms. The van der Waals surface area contributed by atoms with Crippen LogP contribution in [0.25, 0.3) is 0 Å². The molecule has 1 aromatic rings. The molecule has 7 heteroatoms. The SMILES string of the molecule is Cc1c(Br)cc(C(=O)O)cc1S(=O)(=O)NCC1CCCC1. The van der Waals surface area contributed by atoms with Gasteiger partial charge in [-0.05, 0) is 43.4 Å². The lowest BCUT2D eigenvalue weighted by Gasteiger charge is -2.14. The lowest BCUT2D eigenvalue weighted by molar-refractivity contribution is 0.0696.